The highest BCUT2D eigenvalue weighted by Crippen LogP contribution is 1.80. The van der Waals surface area contributed by atoms with Crippen molar-refractivity contribution in [3.05, 3.63) is 0 Å². The first-order valence-electron chi connectivity index (χ1n) is 4.55. The SMILES string of the molecule is SCCCNCCNCCCS. The predicted molar refractivity (Wildman–Crippen MR) is 62.7 cm³/mol. The monoisotopic (exact) mass is 208 g/mol. The van der Waals surface area contributed by atoms with Gasteiger partial charge in [-0.05, 0) is 37.4 Å². The van der Waals surface area contributed by atoms with E-state index in [4.69, 9.17) is 0 Å². The van der Waals surface area contributed by atoms with Crippen LogP contribution in [0.15, 0.2) is 0 Å². The molecule has 0 radical (unpaired) electrons. The minimum absolute atomic E-state index is 0.972. The van der Waals surface area contributed by atoms with Crippen LogP contribution in [-0.4, -0.2) is 37.7 Å². The maximum Gasteiger partial charge on any atom is 0.00767 e. The molecular weight excluding hydrogens is 188 g/mol. The topological polar surface area (TPSA) is 24.1 Å². The van der Waals surface area contributed by atoms with Crippen LogP contribution in [-0.2, 0) is 0 Å². The molecule has 0 aliphatic heterocycles. The highest BCUT2D eigenvalue weighted by Gasteiger charge is 1.87. The van der Waals surface area contributed by atoms with Crippen molar-refractivity contribution < 1.29 is 0 Å². The van der Waals surface area contributed by atoms with Crippen molar-refractivity contribution in [3.63, 3.8) is 0 Å². The zero-order valence-electron chi connectivity index (χ0n) is 7.55. The molecule has 0 heterocycles. The maximum absolute atomic E-state index is 4.13. The fourth-order valence-corrected chi connectivity index (χ4v) is 1.15. The largest absolute Gasteiger partial charge is 0.315 e. The molecule has 0 aliphatic carbocycles. The molecule has 0 saturated heterocycles. The van der Waals surface area contributed by atoms with Crippen LogP contribution < -0.4 is 10.6 Å². The molecule has 0 unspecified atom stereocenters. The molecule has 0 aliphatic rings. The van der Waals surface area contributed by atoms with Crippen LogP contribution in [0.5, 0.6) is 0 Å². The lowest BCUT2D eigenvalue weighted by atomic mass is 10.4. The van der Waals surface area contributed by atoms with E-state index >= 15 is 0 Å². The second-order valence-electron chi connectivity index (χ2n) is 2.65. The van der Waals surface area contributed by atoms with Gasteiger partial charge in [0, 0.05) is 13.1 Å². The Kier molecular flexibility index (Phi) is 12.2. The van der Waals surface area contributed by atoms with Gasteiger partial charge in [0.15, 0.2) is 0 Å². The minimum Gasteiger partial charge on any atom is -0.315 e. The first kappa shape index (κ1) is 12.6. The fourth-order valence-electron chi connectivity index (χ4n) is 0.835. The van der Waals surface area contributed by atoms with E-state index in [2.05, 4.69) is 35.9 Å². The molecule has 2 N–H and O–H groups in total. The smallest absolute Gasteiger partial charge is 0.00767 e. The van der Waals surface area contributed by atoms with Crippen molar-refractivity contribution in [3.8, 4) is 0 Å². The van der Waals surface area contributed by atoms with Gasteiger partial charge < -0.3 is 10.6 Å². The lowest BCUT2D eigenvalue weighted by molar-refractivity contribution is 0.606. The summed E-state index contributed by atoms with van der Waals surface area (Å²) in [4.78, 5) is 0. The molecule has 0 bridgehead atoms. The summed E-state index contributed by atoms with van der Waals surface area (Å²) in [5.41, 5.74) is 0. The molecule has 4 heteroatoms. The third kappa shape index (κ3) is 10.6. The van der Waals surface area contributed by atoms with Crippen molar-refractivity contribution in [2.45, 2.75) is 12.8 Å². The average Bonchev–Trinajstić information content (AvgIpc) is 2.10. The van der Waals surface area contributed by atoms with Gasteiger partial charge in [0.05, 0.1) is 0 Å². The van der Waals surface area contributed by atoms with Crippen molar-refractivity contribution in [1.29, 1.82) is 0 Å². The van der Waals surface area contributed by atoms with Gasteiger partial charge in [-0.3, -0.25) is 0 Å². The van der Waals surface area contributed by atoms with E-state index in [0.717, 1.165) is 50.5 Å². The molecule has 0 rings (SSSR count). The zero-order valence-corrected chi connectivity index (χ0v) is 9.34. The highest BCUT2D eigenvalue weighted by molar-refractivity contribution is 7.80. The third-order valence-electron chi connectivity index (χ3n) is 1.50. The van der Waals surface area contributed by atoms with Crippen molar-refractivity contribution in [2.24, 2.45) is 0 Å². The van der Waals surface area contributed by atoms with Gasteiger partial charge >= 0.3 is 0 Å². The maximum atomic E-state index is 4.13. The Morgan fingerprint density at radius 2 is 1.08 bits per heavy atom. The van der Waals surface area contributed by atoms with Gasteiger partial charge in [-0.15, -0.1) is 0 Å². The first-order chi connectivity index (χ1) is 5.91. The van der Waals surface area contributed by atoms with Crippen LogP contribution in [0.2, 0.25) is 0 Å². The Morgan fingerprint density at radius 1 is 0.667 bits per heavy atom. The Bertz CT molecular complexity index is 71.5. The first-order valence-corrected chi connectivity index (χ1v) is 5.81. The van der Waals surface area contributed by atoms with E-state index in [1.54, 1.807) is 0 Å². The molecule has 0 fully saturated rings. The van der Waals surface area contributed by atoms with E-state index < -0.39 is 0 Å². The summed E-state index contributed by atoms with van der Waals surface area (Å²) in [7, 11) is 0. The molecule has 12 heavy (non-hydrogen) atoms. The van der Waals surface area contributed by atoms with E-state index in [9.17, 15) is 0 Å². The summed E-state index contributed by atoms with van der Waals surface area (Å²) >= 11 is 8.26. The minimum atomic E-state index is 0.972. The number of thiol groups is 2. The van der Waals surface area contributed by atoms with Crippen LogP contribution in [0, 0.1) is 0 Å². The Morgan fingerprint density at radius 3 is 1.42 bits per heavy atom. The van der Waals surface area contributed by atoms with Crippen LogP contribution in [0.25, 0.3) is 0 Å². The van der Waals surface area contributed by atoms with Crippen LogP contribution in [0.3, 0.4) is 0 Å². The van der Waals surface area contributed by atoms with E-state index in [1.807, 2.05) is 0 Å². The zero-order chi connectivity index (χ0) is 9.07. The molecular formula is C8H20N2S2. The van der Waals surface area contributed by atoms with Gasteiger partial charge in [-0.1, -0.05) is 0 Å². The van der Waals surface area contributed by atoms with Gasteiger partial charge in [0.1, 0.15) is 0 Å². The summed E-state index contributed by atoms with van der Waals surface area (Å²) in [6, 6.07) is 0. The molecule has 0 amide bonds. The van der Waals surface area contributed by atoms with Gasteiger partial charge in [0.25, 0.3) is 0 Å². The van der Waals surface area contributed by atoms with Gasteiger partial charge in [-0.25, -0.2) is 0 Å². The van der Waals surface area contributed by atoms with Crippen LogP contribution in [0.1, 0.15) is 12.8 Å². The summed E-state index contributed by atoms with van der Waals surface area (Å²) in [6.07, 6.45) is 2.31. The summed E-state index contributed by atoms with van der Waals surface area (Å²) in [5, 5.41) is 6.67. The highest BCUT2D eigenvalue weighted by atomic mass is 32.1. The number of hydrogen-bond acceptors (Lipinski definition) is 4. The molecule has 0 spiro atoms. The van der Waals surface area contributed by atoms with E-state index in [-0.39, 0.29) is 0 Å². The Balaban J connectivity index is 2.73. The standard InChI is InChI=1S/C8H20N2S2/c11-7-1-3-9-5-6-10-4-2-8-12/h9-12H,1-8H2. The average molecular weight is 208 g/mol. The predicted octanol–water partition coefficient (Wildman–Crippen LogP) is 0.805. The lowest BCUT2D eigenvalue weighted by Crippen LogP contribution is -2.28. The second-order valence-corrected chi connectivity index (χ2v) is 3.55. The summed E-state index contributed by atoms with van der Waals surface area (Å²) in [6.45, 7) is 4.27. The van der Waals surface area contributed by atoms with E-state index in [0.29, 0.717) is 0 Å². The van der Waals surface area contributed by atoms with Crippen molar-refractivity contribution in [1.82, 2.24) is 10.6 Å². The van der Waals surface area contributed by atoms with Crippen molar-refractivity contribution >= 4 is 25.3 Å². The quantitative estimate of drug-likeness (QED) is 0.333. The van der Waals surface area contributed by atoms with Crippen molar-refractivity contribution in [2.75, 3.05) is 37.7 Å². The molecule has 74 valence electrons. The van der Waals surface area contributed by atoms with Gasteiger partial charge in [-0.2, -0.15) is 25.3 Å². The van der Waals surface area contributed by atoms with Crippen LogP contribution in [0.4, 0.5) is 0 Å². The molecule has 0 aromatic rings. The second kappa shape index (κ2) is 11.6. The van der Waals surface area contributed by atoms with E-state index in [1.165, 1.54) is 0 Å². The normalized spacial score (nSPS) is 10.5. The molecule has 2 nitrogen and oxygen atoms in total. The number of rotatable bonds is 9. The lowest BCUT2D eigenvalue weighted by Gasteiger charge is -2.04. The molecule has 0 aromatic carbocycles. The van der Waals surface area contributed by atoms with Crippen LogP contribution >= 0.6 is 25.3 Å². The fraction of sp³-hybridized carbons (Fsp3) is 1.00. The van der Waals surface area contributed by atoms with Gasteiger partial charge in [0.2, 0.25) is 0 Å². The third-order valence-corrected chi connectivity index (χ3v) is 2.13. The Labute approximate surface area is 86.7 Å². The number of nitrogens with one attached hydrogen (secondary N) is 2. The molecule has 0 aromatic heterocycles. The summed E-state index contributed by atoms with van der Waals surface area (Å²) < 4.78 is 0. The Hall–Kier alpha value is 0.620. The number of hydrogen-bond donors (Lipinski definition) is 4. The summed E-state index contributed by atoms with van der Waals surface area (Å²) in [5.74, 6) is 1.94. The molecule has 0 saturated carbocycles. The molecule has 0 atom stereocenters.